The predicted octanol–water partition coefficient (Wildman–Crippen LogP) is 3.18. The molecule has 0 saturated heterocycles. The quantitative estimate of drug-likeness (QED) is 0.543. The van der Waals surface area contributed by atoms with Crippen molar-refractivity contribution in [1.82, 2.24) is 14.2 Å². The first-order valence-corrected chi connectivity index (χ1v) is 9.04. The van der Waals surface area contributed by atoms with Crippen LogP contribution in [-0.4, -0.2) is 32.7 Å². The molecule has 0 radical (unpaired) electrons. The number of amides is 1. The van der Waals surface area contributed by atoms with Crippen molar-refractivity contribution >= 4 is 34.0 Å². The van der Waals surface area contributed by atoms with E-state index in [2.05, 4.69) is 10.4 Å². The molecule has 1 N–H and O–H groups in total. The van der Waals surface area contributed by atoms with E-state index in [-0.39, 0.29) is 18.9 Å². The Hall–Kier alpha value is -3.61. The van der Waals surface area contributed by atoms with Gasteiger partial charge in [-0.25, -0.2) is 9.31 Å². The summed E-state index contributed by atoms with van der Waals surface area (Å²) in [6.07, 6.45) is 5.40. The summed E-state index contributed by atoms with van der Waals surface area (Å²) in [6, 6.07) is 11.5. The van der Waals surface area contributed by atoms with Crippen molar-refractivity contribution in [3.05, 3.63) is 66.1 Å². The minimum absolute atomic E-state index is 0.127. The lowest BCUT2D eigenvalue weighted by Crippen LogP contribution is -2.14. The summed E-state index contributed by atoms with van der Waals surface area (Å²) >= 11 is 0. The van der Waals surface area contributed by atoms with E-state index < -0.39 is 5.97 Å². The van der Waals surface area contributed by atoms with Crippen LogP contribution in [0.2, 0.25) is 0 Å². The maximum atomic E-state index is 12.6. The minimum atomic E-state index is -0.434. The van der Waals surface area contributed by atoms with Gasteiger partial charge >= 0.3 is 5.97 Å². The van der Waals surface area contributed by atoms with E-state index in [4.69, 9.17) is 4.74 Å². The Morgan fingerprint density at radius 2 is 2.00 bits per heavy atom. The fraction of sp³-hybridized carbons (Fsp3) is 0.190. The molecule has 7 heteroatoms. The zero-order chi connectivity index (χ0) is 19.7. The Morgan fingerprint density at radius 3 is 2.82 bits per heavy atom. The Bertz CT molecular complexity index is 1190. The van der Waals surface area contributed by atoms with Gasteiger partial charge in [0.2, 0.25) is 5.91 Å². The van der Waals surface area contributed by atoms with E-state index >= 15 is 0 Å². The first-order chi connectivity index (χ1) is 13.6. The van der Waals surface area contributed by atoms with E-state index in [0.29, 0.717) is 16.8 Å². The zero-order valence-corrected chi connectivity index (χ0v) is 15.7. The number of pyridine rings is 1. The number of benzene rings is 1. The number of carbonyl (C=O) groups is 2. The van der Waals surface area contributed by atoms with E-state index in [9.17, 15) is 9.59 Å². The van der Waals surface area contributed by atoms with Crippen LogP contribution in [0, 0.1) is 0 Å². The maximum Gasteiger partial charge on any atom is 0.341 e. The van der Waals surface area contributed by atoms with Crippen molar-refractivity contribution in [2.45, 2.75) is 13.3 Å². The highest BCUT2D eigenvalue weighted by molar-refractivity contribution is 5.99. The van der Waals surface area contributed by atoms with Gasteiger partial charge in [0.1, 0.15) is 5.56 Å². The number of nitrogens with one attached hydrogen (secondary N) is 1. The van der Waals surface area contributed by atoms with E-state index in [1.165, 1.54) is 6.20 Å². The van der Waals surface area contributed by atoms with Crippen LogP contribution in [0.25, 0.3) is 16.4 Å². The van der Waals surface area contributed by atoms with Gasteiger partial charge in [0.25, 0.3) is 0 Å². The zero-order valence-electron chi connectivity index (χ0n) is 15.7. The summed E-state index contributed by atoms with van der Waals surface area (Å²) < 4.78 is 8.65. The smallest absolute Gasteiger partial charge is 0.341 e. The summed E-state index contributed by atoms with van der Waals surface area (Å²) in [7, 11) is 1.97. The lowest BCUT2D eigenvalue weighted by Gasteiger charge is -2.06. The summed E-state index contributed by atoms with van der Waals surface area (Å²) in [4.78, 5) is 24.7. The SMILES string of the molecule is CCOC(=O)c1cnn2ccc(NC(=O)Cc3cn(C)c4ccccc34)cc12. The number of nitrogens with zero attached hydrogens (tertiary/aromatic N) is 3. The molecule has 1 amide bonds. The van der Waals surface area contributed by atoms with Gasteiger partial charge in [0, 0.05) is 36.0 Å². The second-order valence-electron chi connectivity index (χ2n) is 6.53. The third kappa shape index (κ3) is 3.22. The molecule has 0 spiro atoms. The van der Waals surface area contributed by atoms with Crippen LogP contribution in [0.3, 0.4) is 0 Å². The molecule has 3 heterocycles. The molecule has 4 aromatic rings. The highest BCUT2D eigenvalue weighted by Crippen LogP contribution is 2.22. The van der Waals surface area contributed by atoms with E-state index in [1.54, 1.807) is 29.8 Å². The molecule has 0 fully saturated rings. The van der Waals surface area contributed by atoms with Gasteiger partial charge in [-0.2, -0.15) is 5.10 Å². The fourth-order valence-corrected chi connectivity index (χ4v) is 3.37. The van der Waals surface area contributed by atoms with Crippen LogP contribution < -0.4 is 5.32 Å². The molecule has 0 saturated carbocycles. The number of para-hydroxylation sites is 1. The molecular weight excluding hydrogens is 356 g/mol. The molecule has 0 aliphatic heterocycles. The lowest BCUT2D eigenvalue weighted by atomic mass is 10.1. The third-order valence-corrected chi connectivity index (χ3v) is 4.63. The Morgan fingerprint density at radius 1 is 1.18 bits per heavy atom. The molecule has 4 rings (SSSR count). The van der Waals surface area contributed by atoms with E-state index in [0.717, 1.165) is 16.5 Å². The molecule has 0 aliphatic rings. The van der Waals surface area contributed by atoms with Crippen LogP contribution >= 0.6 is 0 Å². The summed E-state index contributed by atoms with van der Waals surface area (Å²) in [5.41, 5.74) is 3.61. The standard InChI is InChI=1S/C21H20N4O3/c1-3-28-21(27)17-12-22-25-9-8-15(11-19(17)25)23-20(26)10-14-13-24(2)18-7-5-4-6-16(14)18/h4-9,11-13H,3,10H2,1-2H3,(H,23,26). The number of esters is 1. The number of fused-ring (bicyclic) bond motifs is 2. The molecule has 0 aliphatic carbocycles. The first kappa shape index (κ1) is 17.8. The summed E-state index contributed by atoms with van der Waals surface area (Å²) in [6.45, 7) is 2.04. The monoisotopic (exact) mass is 376 g/mol. The van der Waals surface area contributed by atoms with Crippen LogP contribution in [0.15, 0.2) is 55.0 Å². The van der Waals surface area contributed by atoms with Gasteiger partial charge in [0.05, 0.1) is 24.7 Å². The number of carbonyl (C=O) groups excluding carboxylic acids is 2. The molecule has 142 valence electrons. The van der Waals surface area contributed by atoms with Gasteiger partial charge < -0.3 is 14.6 Å². The van der Waals surface area contributed by atoms with E-state index in [1.807, 2.05) is 42.1 Å². The van der Waals surface area contributed by atoms with Crippen molar-refractivity contribution in [2.75, 3.05) is 11.9 Å². The largest absolute Gasteiger partial charge is 0.462 e. The number of aromatic nitrogens is 3. The number of aryl methyl sites for hydroxylation is 1. The van der Waals surface area contributed by atoms with Crippen molar-refractivity contribution in [1.29, 1.82) is 0 Å². The van der Waals surface area contributed by atoms with Crippen LogP contribution in [-0.2, 0) is 23.0 Å². The molecule has 0 bridgehead atoms. The van der Waals surface area contributed by atoms with Crippen LogP contribution in [0.4, 0.5) is 5.69 Å². The second-order valence-corrected chi connectivity index (χ2v) is 6.53. The molecule has 3 aromatic heterocycles. The fourth-order valence-electron chi connectivity index (χ4n) is 3.37. The average molecular weight is 376 g/mol. The lowest BCUT2D eigenvalue weighted by molar-refractivity contribution is -0.115. The number of ether oxygens (including phenoxy) is 1. The van der Waals surface area contributed by atoms with Gasteiger partial charge in [0.15, 0.2) is 0 Å². The minimum Gasteiger partial charge on any atom is -0.462 e. The average Bonchev–Trinajstić information content (AvgIpc) is 3.23. The van der Waals surface area contributed by atoms with Crippen LogP contribution in [0.1, 0.15) is 22.8 Å². The predicted molar refractivity (Wildman–Crippen MR) is 106 cm³/mol. The summed E-state index contributed by atoms with van der Waals surface area (Å²) in [5.74, 6) is -0.561. The number of hydrogen-bond donors (Lipinski definition) is 1. The van der Waals surface area contributed by atoms with Crippen molar-refractivity contribution < 1.29 is 14.3 Å². The van der Waals surface area contributed by atoms with Gasteiger partial charge in [-0.3, -0.25) is 4.79 Å². The summed E-state index contributed by atoms with van der Waals surface area (Å²) in [5, 5.41) is 8.12. The number of hydrogen-bond acceptors (Lipinski definition) is 4. The Kier molecular flexibility index (Phi) is 4.57. The van der Waals surface area contributed by atoms with Crippen LogP contribution in [0.5, 0.6) is 0 Å². The molecule has 7 nitrogen and oxygen atoms in total. The molecular formula is C21H20N4O3. The molecule has 28 heavy (non-hydrogen) atoms. The third-order valence-electron chi connectivity index (χ3n) is 4.63. The maximum absolute atomic E-state index is 12.6. The second kappa shape index (κ2) is 7.19. The highest BCUT2D eigenvalue weighted by atomic mass is 16.5. The van der Waals surface area contributed by atoms with Gasteiger partial charge in [-0.05, 0) is 30.7 Å². The van der Waals surface area contributed by atoms with Gasteiger partial charge in [-0.15, -0.1) is 0 Å². The van der Waals surface area contributed by atoms with Crippen molar-refractivity contribution in [3.8, 4) is 0 Å². The topological polar surface area (TPSA) is 77.6 Å². The highest BCUT2D eigenvalue weighted by Gasteiger charge is 2.15. The molecule has 1 aromatic carbocycles. The Balaban J connectivity index is 1.56. The van der Waals surface area contributed by atoms with Crippen molar-refractivity contribution in [2.24, 2.45) is 7.05 Å². The normalized spacial score (nSPS) is 11.1. The molecule has 0 unspecified atom stereocenters. The van der Waals surface area contributed by atoms with Gasteiger partial charge in [-0.1, -0.05) is 18.2 Å². The Labute approximate surface area is 161 Å². The first-order valence-electron chi connectivity index (χ1n) is 9.04. The van der Waals surface area contributed by atoms with Crippen molar-refractivity contribution in [3.63, 3.8) is 0 Å². The molecule has 0 atom stereocenters. The number of rotatable bonds is 5. The number of anilines is 1.